The van der Waals surface area contributed by atoms with Crippen molar-refractivity contribution >= 4 is 17.3 Å². The van der Waals surface area contributed by atoms with Gasteiger partial charge >= 0.3 is 0 Å². The van der Waals surface area contributed by atoms with Crippen LogP contribution in [0, 0.1) is 0 Å². The fourth-order valence-electron chi connectivity index (χ4n) is 0.735. The van der Waals surface area contributed by atoms with E-state index >= 15 is 0 Å². The Morgan fingerprint density at radius 3 is 1.92 bits per heavy atom. The molecule has 0 radical (unpaired) electrons. The molecule has 0 aliphatic heterocycles. The molecular weight excluding hydrogens is 176 g/mol. The Morgan fingerprint density at radius 1 is 1.25 bits per heavy atom. The predicted octanol–water partition coefficient (Wildman–Crippen LogP) is -0.175. The zero-order valence-electron chi connectivity index (χ0n) is 7.58. The number of nitrogens with two attached hydrogens (primary N) is 1. The van der Waals surface area contributed by atoms with Gasteiger partial charge in [-0.1, -0.05) is 0 Å². The molecule has 0 atom stereocenters. The van der Waals surface area contributed by atoms with Crippen LogP contribution in [0.15, 0.2) is 0 Å². The van der Waals surface area contributed by atoms with E-state index < -0.39 is 0 Å². The molecule has 72 valence electrons. The van der Waals surface area contributed by atoms with Crippen LogP contribution in [0.5, 0.6) is 0 Å². The third-order valence-electron chi connectivity index (χ3n) is 1.44. The van der Waals surface area contributed by atoms with Gasteiger partial charge in [0.1, 0.15) is 0 Å². The molecule has 0 aliphatic rings. The van der Waals surface area contributed by atoms with Crippen molar-refractivity contribution in [3.05, 3.63) is 0 Å². The SMILES string of the molecule is COCCN(CCOC)C(N)=S. The molecule has 0 fully saturated rings. The summed E-state index contributed by atoms with van der Waals surface area (Å²) in [6, 6.07) is 0. The quantitative estimate of drug-likeness (QED) is 0.592. The van der Waals surface area contributed by atoms with Crippen molar-refractivity contribution < 1.29 is 9.47 Å². The molecule has 2 N–H and O–H groups in total. The molecule has 0 rings (SSSR count). The molecule has 0 unspecified atom stereocenters. The smallest absolute Gasteiger partial charge is 0.166 e. The van der Waals surface area contributed by atoms with Crippen LogP contribution < -0.4 is 5.73 Å². The molecule has 0 saturated heterocycles. The van der Waals surface area contributed by atoms with Crippen LogP contribution in [0.2, 0.25) is 0 Å². The maximum Gasteiger partial charge on any atom is 0.166 e. The molecule has 0 aromatic rings. The molecule has 0 bridgehead atoms. The van der Waals surface area contributed by atoms with Crippen LogP contribution in [-0.4, -0.2) is 50.5 Å². The second kappa shape index (κ2) is 7.27. The first-order valence-corrected chi connectivity index (χ1v) is 4.15. The van der Waals surface area contributed by atoms with Gasteiger partial charge in [-0.05, 0) is 12.2 Å². The molecule has 0 saturated carbocycles. The normalized spacial score (nSPS) is 9.83. The van der Waals surface area contributed by atoms with E-state index in [0.717, 1.165) is 13.1 Å². The van der Waals surface area contributed by atoms with Crippen molar-refractivity contribution in [1.29, 1.82) is 0 Å². The molecule has 0 aromatic carbocycles. The van der Waals surface area contributed by atoms with E-state index in [1.54, 1.807) is 14.2 Å². The molecule has 5 heteroatoms. The van der Waals surface area contributed by atoms with Crippen LogP contribution in [0.4, 0.5) is 0 Å². The van der Waals surface area contributed by atoms with Crippen molar-refractivity contribution in [2.75, 3.05) is 40.5 Å². The number of thiocarbonyl (C=S) groups is 1. The van der Waals surface area contributed by atoms with E-state index in [9.17, 15) is 0 Å². The average Bonchev–Trinajstić information content (AvgIpc) is 2.04. The highest BCUT2D eigenvalue weighted by Crippen LogP contribution is 1.88. The van der Waals surface area contributed by atoms with Gasteiger partial charge in [0.25, 0.3) is 0 Å². The van der Waals surface area contributed by atoms with E-state index in [4.69, 9.17) is 27.4 Å². The van der Waals surface area contributed by atoms with Gasteiger partial charge in [-0.2, -0.15) is 0 Å². The summed E-state index contributed by atoms with van der Waals surface area (Å²) in [7, 11) is 3.29. The van der Waals surface area contributed by atoms with Crippen molar-refractivity contribution in [2.45, 2.75) is 0 Å². The molecule has 0 heterocycles. The van der Waals surface area contributed by atoms with Crippen molar-refractivity contribution in [3.63, 3.8) is 0 Å². The Balaban J connectivity index is 3.62. The minimum Gasteiger partial charge on any atom is -0.383 e. The lowest BCUT2D eigenvalue weighted by molar-refractivity contribution is 0.147. The Morgan fingerprint density at radius 2 is 1.67 bits per heavy atom. The van der Waals surface area contributed by atoms with Crippen molar-refractivity contribution in [2.24, 2.45) is 5.73 Å². The van der Waals surface area contributed by atoms with Gasteiger partial charge in [0, 0.05) is 27.3 Å². The first-order valence-electron chi connectivity index (χ1n) is 3.74. The van der Waals surface area contributed by atoms with Crippen LogP contribution in [0.3, 0.4) is 0 Å². The fraction of sp³-hybridized carbons (Fsp3) is 0.857. The van der Waals surface area contributed by atoms with Gasteiger partial charge in [-0.25, -0.2) is 0 Å². The summed E-state index contributed by atoms with van der Waals surface area (Å²) in [6.45, 7) is 2.69. The number of nitrogens with zero attached hydrogens (tertiary/aromatic N) is 1. The van der Waals surface area contributed by atoms with Gasteiger partial charge in [0.15, 0.2) is 5.11 Å². The Kier molecular flexibility index (Phi) is 7.03. The lowest BCUT2D eigenvalue weighted by Crippen LogP contribution is -2.39. The summed E-state index contributed by atoms with van der Waals surface area (Å²) in [6.07, 6.45) is 0. The standard InChI is InChI=1S/C7H16N2O2S/c1-10-5-3-9(7(8)12)4-6-11-2/h3-6H2,1-2H3,(H2,8,12). The molecule has 0 aromatic heterocycles. The van der Waals surface area contributed by atoms with E-state index in [2.05, 4.69) is 0 Å². The summed E-state index contributed by atoms with van der Waals surface area (Å²) < 4.78 is 9.81. The Bertz CT molecular complexity index is 125. The maximum absolute atomic E-state index is 5.46. The maximum atomic E-state index is 5.46. The molecule has 0 spiro atoms. The zero-order chi connectivity index (χ0) is 9.40. The van der Waals surface area contributed by atoms with Crippen LogP contribution >= 0.6 is 12.2 Å². The van der Waals surface area contributed by atoms with Gasteiger partial charge in [0.05, 0.1) is 13.2 Å². The lowest BCUT2D eigenvalue weighted by atomic mass is 10.5. The van der Waals surface area contributed by atoms with Crippen LogP contribution in [0.25, 0.3) is 0 Å². The van der Waals surface area contributed by atoms with Crippen molar-refractivity contribution in [1.82, 2.24) is 4.90 Å². The van der Waals surface area contributed by atoms with Gasteiger partial charge in [-0.3, -0.25) is 0 Å². The monoisotopic (exact) mass is 192 g/mol. The second-order valence-corrected chi connectivity index (χ2v) is 2.73. The van der Waals surface area contributed by atoms with Gasteiger partial charge in [-0.15, -0.1) is 0 Å². The average molecular weight is 192 g/mol. The number of hydrogen-bond donors (Lipinski definition) is 1. The number of rotatable bonds is 6. The molecule has 0 aliphatic carbocycles. The number of ether oxygens (including phenoxy) is 2. The predicted molar refractivity (Wildman–Crippen MR) is 52.1 cm³/mol. The number of hydrogen-bond acceptors (Lipinski definition) is 3. The lowest BCUT2D eigenvalue weighted by Gasteiger charge is -2.21. The second-order valence-electron chi connectivity index (χ2n) is 2.31. The van der Waals surface area contributed by atoms with Crippen LogP contribution in [-0.2, 0) is 9.47 Å². The van der Waals surface area contributed by atoms with Gasteiger partial charge < -0.3 is 20.1 Å². The third-order valence-corrected chi connectivity index (χ3v) is 1.70. The molecule has 0 amide bonds. The van der Waals surface area contributed by atoms with E-state index in [1.807, 2.05) is 4.90 Å². The topological polar surface area (TPSA) is 47.7 Å². The highest BCUT2D eigenvalue weighted by atomic mass is 32.1. The zero-order valence-corrected chi connectivity index (χ0v) is 8.39. The number of methoxy groups -OCH3 is 2. The molecule has 12 heavy (non-hydrogen) atoms. The highest BCUT2D eigenvalue weighted by molar-refractivity contribution is 7.80. The van der Waals surface area contributed by atoms with E-state index in [0.29, 0.717) is 18.3 Å². The summed E-state index contributed by atoms with van der Waals surface area (Å²) in [5.74, 6) is 0. The molecular formula is C7H16N2O2S. The summed E-state index contributed by atoms with van der Waals surface area (Å²) in [4.78, 5) is 1.85. The fourth-order valence-corrected chi connectivity index (χ4v) is 0.918. The van der Waals surface area contributed by atoms with E-state index in [-0.39, 0.29) is 0 Å². The van der Waals surface area contributed by atoms with Gasteiger partial charge in [0.2, 0.25) is 0 Å². The third kappa shape index (κ3) is 5.29. The van der Waals surface area contributed by atoms with E-state index in [1.165, 1.54) is 0 Å². The summed E-state index contributed by atoms with van der Waals surface area (Å²) in [5.41, 5.74) is 5.46. The minimum atomic E-state index is 0.393. The highest BCUT2D eigenvalue weighted by Gasteiger charge is 2.04. The Labute approximate surface area is 78.6 Å². The summed E-state index contributed by atoms with van der Waals surface area (Å²) >= 11 is 4.84. The molecule has 4 nitrogen and oxygen atoms in total. The minimum absolute atomic E-state index is 0.393. The Hall–Kier alpha value is -0.390. The van der Waals surface area contributed by atoms with Crippen molar-refractivity contribution in [3.8, 4) is 0 Å². The first kappa shape index (κ1) is 11.6. The van der Waals surface area contributed by atoms with Crippen LogP contribution in [0.1, 0.15) is 0 Å². The first-order chi connectivity index (χ1) is 5.72. The summed E-state index contributed by atoms with van der Waals surface area (Å²) in [5, 5.41) is 0.393. The largest absolute Gasteiger partial charge is 0.383 e.